The summed E-state index contributed by atoms with van der Waals surface area (Å²) in [6, 6.07) is 5.34. The molecule has 7 nitrogen and oxygen atoms in total. The molecule has 0 aliphatic heterocycles. The van der Waals surface area contributed by atoms with Gasteiger partial charge in [0.1, 0.15) is 0 Å². The van der Waals surface area contributed by atoms with Crippen molar-refractivity contribution in [2.45, 2.75) is 33.7 Å². The number of hydrogen-bond acceptors (Lipinski definition) is 5. The van der Waals surface area contributed by atoms with E-state index >= 15 is 0 Å². The van der Waals surface area contributed by atoms with Gasteiger partial charge in [0.25, 0.3) is 0 Å². The number of anilines is 1. The van der Waals surface area contributed by atoms with Crippen molar-refractivity contribution >= 4 is 17.5 Å². The van der Waals surface area contributed by atoms with E-state index in [1.165, 1.54) is 0 Å². The second-order valence-electron chi connectivity index (χ2n) is 5.97. The van der Waals surface area contributed by atoms with E-state index in [0.29, 0.717) is 30.4 Å². The fourth-order valence-electron chi connectivity index (χ4n) is 2.24. The van der Waals surface area contributed by atoms with Gasteiger partial charge in [-0.3, -0.25) is 14.5 Å². The molecule has 25 heavy (non-hydrogen) atoms. The maximum atomic E-state index is 12.1. The first-order chi connectivity index (χ1) is 11.8. The van der Waals surface area contributed by atoms with Crippen molar-refractivity contribution in [1.29, 1.82) is 0 Å². The second-order valence-corrected chi connectivity index (χ2v) is 5.97. The van der Waals surface area contributed by atoms with E-state index < -0.39 is 0 Å². The molecule has 0 fully saturated rings. The van der Waals surface area contributed by atoms with E-state index in [4.69, 9.17) is 9.47 Å². The van der Waals surface area contributed by atoms with E-state index in [1.54, 1.807) is 30.1 Å². The first-order valence-corrected chi connectivity index (χ1v) is 8.53. The fraction of sp³-hybridized carbons (Fsp3) is 0.556. The molecule has 0 spiro atoms. The molecular weight excluding hydrogens is 322 g/mol. The molecular formula is C18H29N3O4. The van der Waals surface area contributed by atoms with Crippen molar-refractivity contribution in [3.63, 3.8) is 0 Å². The molecule has 0 heterocycles. The van der Waals surface area contributed by atoms with Crippen LogP contribution in [0, 0.1) is 0 Å². The van der Waals surface area contributed by atoms with Crippen molar-refractivity contribution in [1.82, 2.24) is 10.2 Å². The van der Waals surface area contributed by atoms with E-state index in [0.717, 1.165) is 0 Å². The minimum Gasteiger partial charge on any atom is -0.490 e. The number of carbonyl (C=O) groups excluding carboxylic acids is 2. The molecule has 0 unspecified atom stereocenters. The number of carbonyl (C=O) groups is 2. The van der Waals surface area contributed by atoms with Crippen molar-refractivity contribution < 1.29 is 19.1 Å². The van der Waals surface area contributed by atoms with Gasteiger partial charge in [-0.25, -0.2) is 0 Å². The predicted octanol–water partition coefficient (Wildman–Crippen LogP) is 1.88. The van der Waals surface area contributed by atoms with E-state index in [2.05, 4.69) is 10.6 Å². The van der Waals surface area contributed by atoms with Gasteiger partial charge in [-0.05, 0) is 46.9 Å². The number of nitrogens with zero attached hydrogens (tertiary/aromatic N) is 1. The normalized spacial score (nSPS) is 10.7. The SMILES string of the molecule is CCOc1ccc(NC(=O)CN(C)CC(=O)NC(C)C)cc1OCC. The van der Waals surface area contributed by atoms with Gasteiger partial charge < -0.3 is 20.1 Å². The van der Waals surface area contributed by atoms with Crippen LogP contribution in [-0.4, -0.2) is 56.1 Å². The van der Waals surface area contributed by atoms with Gasteiger partial charge >= 0.3 is 0 Å². The van der Waals surface area contributed by atoms with Gasteiger partial charge in [-0.15, -0.1) is 0 Å². The Hall–Kier alpha value is -2.28. The van der Waals surface area contributed by atoms with Crippen molar-refractivity contribution in [3.8, 4) is 11.5 Å². The third-order valence-corrected chi connectivity index (χ3v) is 3.10. The van der Waals surface area contributed by atoms with Crippen LogP contribution in [0.4, 0.5) is 5.69 Å². The van der Waals surface area contributed by atoms with Gasteiger partial charge in [0, 0.05) is 17.8 Å². The van der Waals surface area contributed by atoms with Gasteiger partial charge in [0.2, 0.25) is 11.8 Å². The van der Waals surface area contributed by atoms with Crippen LogP contribution in [0.15, 0.2) is 18.2 Å². The molecule has 0 aliphatic rings. The van der Waals surface area contributed by atoms with Crippen LogP contribution in [-0.2, 0) is 9.59 Å². The van der Waals surface area contributed by atoms with Crippen LogP contribution >= 0.6 is 0 Å². The van der Waals surface area contributed by atoms with Gasteiger partial charge in [-0.1, -0.05) is 0 Å². The molecule has 0 radical (unpaired) electrons. The van der Waals surface area contributed by atoms with Crippen LogP contribution in [0.2, 0.25) is 0 Å². The molecule has 140 valence electrons. The monoisotopic (exact) mass is 351 g/mol. The van der Waals surface area contributed by atoms with Crippen LogP contribution in [0.1, 0.15) is 27.7 Å². The highest BCUT2D eigenvalue weighted by atomic mass is 16.5. The number of hydrogen-bond donors (Lipinski definition) is 2. The zero-order valence-corrected chi connectivity index (χ0v) is 15.7. The summed E-state index contributed by atoms with van der Waals surface area (Å²) >= 11 is 0. The van der Waals surface area contributed by atoms with Crippen LogP contribution in [0.5, 0.6) is 11.5 Å². The molecule has 0 atom stereocenters. The molecule has 0 saturated heterocycles. The lowest BCUT2D eigenvalue weighted by Gasteiger charge is -2.17. The highest BCUT2D eigenvalue weighted by molar-refractivity contribution is 5.93. The predicted molar refractivity (Wildman–Crippen MR) is 98.2 cm³/mol. The Morgan fingerprint density at radius 2 is 1.64 bits per heavy atom. The number of benzene rings is 1. The summed E-state index contributed by atoms with van der Waals surface area (Å²) in [5, 5.41) is 5.60. The highest BCUT2D eigenvalue weighted by Crippen LogP contribution is 2.30. The number of likely N-dealkylation sites (N-methyl/N-ethyl adjacent to an activating group) is 1. The molecule has 0 aromatic heterocycles. The van der Waals surface area contributed by atoms with E-state index in [-0.39, 0.29) is 30.9 Å². The zero-order valence-electron chi connectivity index (χ0n) is 15.7. The molecule has 2 N–H and O–H groups in total. The first-order valence-electron chi connectivity index (χ1n) is 8.53. The standard InChI is InChI=1S/C18H29N3O4/c1-6-24-15-9-8-14(10-16(15)25-7-2)20-18(23)12-21(5)11-17(22)19-13(3)4/h8-10,13H,6-7,11-12H2,1-5H3,(H,19,22)(H,20,23). The molecule has 0 aliphatic carbocycles. The Bertz CT molecular complexity index is 575. The number of amides is 2. The quantitative estimate of drug-likeness (QED) is 0.673. The second kappa shape index (κ2) is 10.6. The lowest BCUT2D eigenvalue weighted by atomic mass is 10.2. The largest absolute Gasteiger partial charge is 0.490 e. The highest BCUT2D eigenvalue weighted by Gasteiger charge is 2.13. The molecule has 1 aromatic rings. The van der Waals surface area contributed by atoms with E-state index in [9.17, 15) is 9.59 Å². The Labute approximate surface area is 149 Å². The van der Waals surface area contributed by atoms with Gasteiger partial charge in [0.15, 0.2) is 11.5 Å². The summed E-state index contributed by atoms with van der Waals surface area (Å²) in [5.41, 5.74) is 0.622. The third-order valence-electron chi connectivity index (χ3n) is 3.10. The lowest BCUT2D eigenvalue weighted by Crippen LogP contribution is -2.41. The van der Waals surface area contributed by atoms with Crippen molar-refractivity contribution in [2.75, 3.05) is 38.7 Å². The first kappa shape index (κ1) is 20.8. The molecule has 1 aromatic carbocycles. The molecule has 0 saturated carbocycles. The molecule has 7 heteroatoms. The summed E-state index contributed by atoms with van der Waals surface area (Å²) in [5.74, 6) is 0.924. The average Bonchev–Trinajstić information content (AvgIpc) is 2.48. The van der Waals surface area contributed by atoms with Crippen LogP contribution in [0.3, 0.4) is 0 Å². The minimum absolute atomic E-state index is 0.0792. The van der Waals surface area contributed by atoms with Gasteiger partial charge in [0.05, 0.1) is 26.3 Å². The Morgan fingerprint density at radius 1 is 1.04 bits per heavy atom. The average molecular weight is 351 g/mol. The fourth-order valence-corrected chi connectivity index (χ4v) is 2.24. The maximum Gasteiger partial charge on any atom is 0.238 e. The van der Waals surface area contributed by atoms with Crippen LogP contribution < -0.4 is 20.1 Å². The van der Waals surface area contributed by atoms with Crippen molar-refractivity contribution in [3.05, 3.63) is 18.2 Å². The Kier molecular flexibility index (Phi) is 8.77. The zero-order chi connectivity index (χ0) is 18.8. The Morgan fingerprint density at radius 3 is 2.24 bits per heavy atom. The van der Waals surface area contributed by atoms with Crippen molar-refractivity contribution in [2.24, 2.45) is 0 Å². The number of rotatable bonds is 10. The summed E-state index contributed by atoms with van der Waals surface area (Å²) in [4.78, 5) is 25.5. The summed E-state index contributed by atoms with van der Waals surface area (Å²) in [6.07, 6.45) is 0. The molecule has 0 bridgehead atoms. The summed E-state index contributed by atoms with van der Waals surface area (Å²) in [7, 11) is 1.73. The van der Waals surface area contributed by atoms with Gasteiger partial charge in [-0.2, -0.15) is 0 Å². The van der Waals surface area contributed by atoms with Crippen LogP contribution in [0.25, 0.3) is 0 Å². The molecule has 2 amide bonds. The smallest absolute Gasteiger partial charge is 0.238 e. The third kappa shape index (κ3) is 7.89. The molecule has 1 rings (SSSR count). The Balaban J connectivity index is 2.61. The topological polar surface area (TPSA) is 79.9 Å². The number of nitrogens with one attached hydrogen (secondary N) is 2. The minimum atomic E-state index is -0.202. The summed E-state index contributed by atoms with van der Waals surface area (Å²) < 4.78 is 11.0. The summed E-state index contributed by atoms with van der Waals surface area (Å²) in [6.45, 7) is 8.90. The maximum absolute atomic E-state index is 12.1. The number of ether oxygens (including phenoxy) is 2. The lowest BCUT2D eigenvalue weighted by molar-refractivity contribution is -0.123. The van der Waals surface area contributed by atoms with E-state index in [1.807, 2.05) is 27.7 Å².